The van der Waals surface area contributed by atoms with Crippen LogP contribution in [0.15, 0.2) is 47.2 Å². The molecular formula is C20H21NO5S. The molecule has 1 N–H and O–H groups in total. The SMILES string of the molecule is CCCCOC(=O)c1ccc(NC(=O)COC(=O)/C=C/c2ccsc2)cc1. The molecule has 1 aromatic heterocycles. The van der Waals surface area contributed by atoms with E-state index in [0.717, 1.165) is 18.4 Å². The van der Waals surface area contributed by atoms with Crippen LogP contribution >= 0.6 is 11.3 Å². The van der Waals surface area contributed by atoms with E-state index in [2.05, 4.69) is 5.32 Å². The van der Waals surface area contributed by atoms with Gasteiger partial charge in [-0.05, 0) is 59.2 Å². The average molecular weight is 387 g/mol. The maximum Gasteiger partial charge on any atom is 0.338 e. The zero-order valence-electron chi connectivity index (χ0n) is 15.0. The zero-order chi connectivity index (χ0) is 19.5. The van der Waals surface area contributed by atoms with Gasteiger partial charge in [0.05, 0.1) is 12.2 Å². The Morgan fingerprint density at radius 3 is 2.56 bits per heavy atom. The molecule has 6 nitrogen and oxygen atoms in total. The largest absolute Gasteiger partial charge is 0.462 e. The Morgan fingerprint density at radius 1 is 1.11 bits per heavy atom. The molecule has 7 heteroatoms. The van der Waals surface area contributed by atoms with Crippen LogP contribution in [0.2, 0.25) is 0 Å². The van der Waals surface area contributed by atoms with Gasteiger partial charge in [-0.3, -0.25) is 4.79 Å². The summed E-state index contributed by atoms with van der Waals surface area (Å²) < 4.78 is 10.00. The van der Waals surface area contributed by atoms with Gasteiger partial charge in [-0.25, -0.2) is 9.59 Å². The second-order valence-electron chi connectivity index (χ2n) is 5.61. The number of hydrogen-bond acceptors (Lipinski definition) is 6. The maximum atomic E-state index is 11.8. The van der Waals surface area contributed by atoms with E-state index in [1.165, 1.54) is 17.4 Å². The molecule has 0 aliphatic carbocycles. The van der Waals surface area contributed by atoms with Gasteiger partial charge in [0.25, 0.3) is 5.91 Å². The first-order valence-electron chi connectivity index (χ1n) is 8.52. The van der Waals surface area contributed by atoms with Crippen molar-refractivity contribution in [3.8, 4) is 0 Å². The number of benzene rings is 1. The monoisotopic (exact) mass is 387 g/mol. The lowest BCUT2D eigenvalue weighted by molar-refractivity contribution is -0.142. The number of rotatable bonds is 9. The third kappa shape index (κ3) is 7.45. The predicted octanol–water partition coefficient (Wildman–Crippen LogP) is 3.90. The highest BCUT2D eigenvalue weighted by molar-refractivity contribution is 7.08. The second-order valence-corrected chi connectivity index (χ2v) is 6.39. The minimum Gasteiger partial charge on any atom is -0.462 e. The van der Waals surface area contributed by atoms with Crippen molar-refractivity contribution in [3.63, 3.8) is 0 Å². The van der Waals surface area contributed by atoms with Crippen molar-refractivity contribution in [2.45, 2.75) is 19.8 Å². The number of thiophene rings is 1. The first kappa shape index (κ1) is 20.4. The van der Waals surface area contributed by atoms with Crippen LogP contribution < -0.4 is 5.32 Å². The number of anilines is 1. The lowest BCUT2D eigenvalue weighted by Crippen LogP contribution is -2.20. The standard InChI is InChI=1S/C20H21NO5S/c1-2-3-11-25-20(24)16-5-7-17(8-6-16)21-18(22)13-26-19(23)9-4-15-10-12-27-14-15/h4-10,12,14H,2-3,11,13H2,1H3,(H,21,22)/b9-4+. The number of unbranched alkanes of at least 4 members (excludes halogenated alkanes) is 1. The first-order valence-corrected chi connectivity index (χ1v) is 9.47. The molecule has 0 atom stereocenters. The molecule has 0 spiro atoms. The van der Waals surface area contributed by atoms with Crippen LogP contribution in [0.1, 0.15) is 35.7 Å². The molecule has 2 rings (SSSR count). The van der Waals surface area contributed by atoms with Gasteiger partial charge < -0.3 is 14.8 Å². The van der Waals surface area contributed by atoms with Crippen LogP contribution in [0.25, 0.3) is 6.08 Å². The summed E-state index contributed by atoms with van der Waals surface area (Å²) in [4.78, 5) is 35.2. The first-order chi connectivity index (χ1) is 13.1. The Labute approximate surface area is 161 Å². The van der Waals surface area contributed by atoms with Gasteiger partial charge in [0.2, 0.25) is 0 Å². The van der Waals surface area contributed by atoms with Gasteiger partial charge in [0.15, 0.2) is 6.61 Å². The molecule has 0 fully saturated rings. The number of carbonyl (C=O) groups is 3. The van der Waals surface area contributed by atoms with Crippen LogP contribution in [0.4, 0.5) is 5.69 Å². The van der Waals surface area contributed by atoms with E-state index in [0.29, 0.717) is 17.9 Å². The number of amides is 1. The quantitative estimate of drug-likeness (QED) is 0.401. The maximum absolute atomic E-state index is 11.8. The Hall–Kier alpha value is -2.93. The lowest BCUT2D eigenvalue weighted by Gasteiger charge is -2.07. The summed E-state index contributed by atoms with van der Waals surface area (Å²) >= 11 is 1.52. The van der Waals surface area contributed by atoms with Gasteiger partial charge in [0.1, 0.15) is 0 Å². The number of carbonyl (C=O) groups excluding carboxylic acids is 3. The van der Waals surface area contributed by atoms with Gasteiger partial charge >= 0.3 is 11.9 Å². The topological polar surface area (TPSA) is 81.7 Å². The van der Waals surface area contributed by atoms with E-state index < -0.39 is 24.5 Å². The molecule has 0 saturated carbocycles. The summed E-state index contributed by atoms with van der Waals surface area (Å²) in [6, 6.07) is 8.18. The lowest BCUT2D eigenvalue weighted by atomic mass is 10.2. The van der Waals surface area contributed by atoms with Crippen LogP contribution in [-0.4, -0.2) is 31.1 Å². The molecule has 0 aliphatic heterocycles. The van der Waals surface area contributed by atoms with E-state index >= 15 is 0 Å². The molecule has 1 aromatic carbocycles. The van der Waals surface area contributed by atoms with Gasteiger partial charge in [-0.15, -0.1) is 0 Å². The van der Waals surface area contributed by atoms with E-state index in [9.17, 15) is 14.4 Å². The second kappa shape index (κ2) is 10.9. The number of ether oxygens (including phenoxy) is 2. The zero-order valence-corrected chi connectivity index (χ0v) is 15.8. The number of nitrogens with one attached hydrogen (secondary N) is 1. The highest BCUT2D eigenvalue weighted by atomic mass is 32.1. The Bertz CT molecular complexity index is 781. The summed E-state index contributed by atoms with van der Waals surface area (Å²) in [5, 5.41) is 6.38. The van der Waals surface area contributed by atoms with E-state index in [1.807, 2.05) is 23.8 Å². The Balaban J connectivity index is 1.75. The van der Waals surface area contributed by atoms with Crippen LogP contribution in [0.5, 0.6) is 0 Å². The molecule has 1 heterocycles. The van der Waals surface area contributed by atoms with Crippen molar-refractivity contribution < 1.29 is 23.9 Å². The van der Waals surface area contributed by atoms with E-state index in [4.69, 9.17) is 9.47 Å². The van der Waals surface area contributed by atoms with Crippen LogP contribution in [-0.2, 0) is 19.1 Å². The number of hydrogen-bond donors (Lipinski definition) is 1. The van der Waals surface area contributed by atoms with Gasteiger partial charge in [-0.2, -0.15) is 11.3 Å². The van der Waals surface area contributed by atoms with Crippen molar-refractivity contribution in [1.29, 1.82) is 0 Å². The molecule has 0 unspecified atom stereocenters. The summed E-state index contributed by atoms with van der Waals surface area (Å²) in [5.41, 5.74) is 1.80. The molecule has 0 radical (unpaired) electrons. The van der Waals surface area contributed by atoms with Crippen molar-refractivity contribution in [2.75, 3.05) is 18.5 Å². The normalized spacial score (nSPS) is 10.6. The van der Waals surface area contributed by atoms with Crippen LogP contribution in [0, 0.1) is 0 Å². The van der Waals surface area contributed by atoms with Gasteiger partial charge in [-0.1, -0.05) is 13.3 Å². The molecule has 27 heavy (non-hydrogen) atoms. The van der Waals surface area contributed by atoms with Crippen molar-refractivity contribution >= 4 is 40.9 Å². The molecule has 0 saturated heterocycles. The van der Waals surface area contributed by atoms with Crippen LogP contribution in [0.3, 0.4) is 0 Å². The van der Waals surface area contributed by atoms with Crippen molar-refractivity contribution in [3.05, 3.63) is 58.3 Å². The Morgan fingerprint density at radius 2 is 1.89 bits per heavy atom. The molecule has 0 bridgehead atoms. The smallest absolute Gasteiger partial charge is 0.338 e. The third-order valence-electron chi connectivity index (χ3n) is 3.44. The van der Waals surface area contributed by atoms with Crippen molar-refractivity contribution in [1.82, 2.24) is 0 Å². The van der Waals surface area contributed by atoms with Gasteiger partial charge in [0, 0.05) is 11.8 Å². The molecule has 1 amide bonds. The minimum absolute atomic E-state index is 0.389. The van der Waals surface area contributed by atoms with Crippen molar-refractivity contribution in [2.24, 2.45) is 0 Å². The highest BCUT2D eigenvalue weighted by Crippen LogP contribution is 2.11. The summed E-state index contributed by atoms with van der Waals surface area (Å²) in [6.07, 6.45) is 4.66. The summed E-state index contributed by atoms with van der Waals surface area (Å²) in [7, 11) is 0. The summed E-state index contributed by atoms with van der Waals surface area (Å²) in [6.45, 7) is 2.01. The van der Waals surface area contributed by atoms with E-state index in [-0.39, 0.29) is 0 Å². The number of esters is 2. The highest BCUT2D eigenvalue weighted by Gasteiger charge is 2.09. The fourth-order valence-corrected chi connectivity index (χ4v) is 2.63. The molecule has 0 aliphatic rings. The molecule has 2 aromatic rings. The average Bonchev–Trinajstić information content (AvgIpc) is 3.19. The Kier molecular flexibility index (Phi) is 8.25. The fourth-order valence-electron chi connectivity index (χ4n) is 2.00. The summed E-state index contributed by atoms with van der Waals surface area (Å²) in [5.74, 6) is -1.46. The minimum atomic E-state index is -0.596. The predicted molar refractivity (Wildman–Crippen MR) is 105 cm³/mol. The fraction of sp³-hybridized carbons (Fsp3) is 0.250. The molecular weight excluding hydrogens is 366 g/mol. The van der Waals surface area contributed by atoms with E-state index in [1.54, 1.807) is 30.3 Å². The molecule has 142 valence electrons. The third-order valence-corrected chi connectivity index (χ3v) is 4.14.